The van der Waals surface area contributed by atoms with Gasteiger partial charge in [0.2, 0.25) is 0 Å². The zero-order chi connectivity index (χ0) is 20.3. The molecule has 1 heterocycles. The number of carboxylic acid groups (broad SMARTS) is 1. The highest BCUT2D eigenvalue weighted by Crippen LogP contribution is 2.17. The highest BCUT2D eigenvalue weighted by Gasteiger charge is 2.21. The smallest absolute Gasteiger partial charge is 0.352 e. The number of carboxylic acids is 1. The zero-order valence-corrected chi connectivity index (χ0v) is 15.8. The lowest BCUT2D eigenvalue weighted by molar-refractivity contribution is -0.133. The van der Waals surface area contributed by atoms with E-state index in [0.29, 0.717) is 11.1 Å². The lowest BCUT2D eigenvalue weighted by Crippen LogP contribution is -2.30. The predicted octanol–water partition coefficient (Wildman–Crippen LogP) is 3.08. The van der Waals surface area contributed by atoms with Crippen LogP contribution in [0.3, 0.4) is 0 Å². The van der Waals surface area contributed by atoms with E-state index in [-0.39, 0.29) is 11.6 Å². The number of rotatable bonds is 5. The topological polar surface area (TPSA) is 88.3 Å². The molecule has 3 rings (SSSR count). The maximum Gasteiger partial charge on any atom is 0.352 e. The average molecular weight is 376 g/mol. The van der Waals surface area contributed by atoms with E-state index < -0.39 is 5.97 Å². The molecule has 0 saturated carbocycles. The molecule has 0 aliphatic carbocycles. The van der Waals surface area contributed by atoms with E-state index in [2.05, 4.69) is 10.3 Å². The summed E-state index contributed by atoms with van der Waals surface area (Å²) >= 11 is 0. The molecule has 0 radical (unpaired) electrons. The van der Waals surface area contributed by atoms with Gasteiger partial charge in [0.1, 0.15) is 5.70 Å². The van der Waals surface area contributed by atoms with Crippen molar-refractivity contribution in [2.75, 3.05) is 7.05 Å². The fourth-order valence-corrected chi connectivity index (χ4v) is 2.93. The number of hydrogen-bond donors (Lipinski definition) is 1. The zero-order valence-electron chi connectivity index (χ0n) is 15.8. The van der Waals surface area contributed by atoms with Gasteiger partial charge in [0.05, 0.1) is 18.1 Å². The van der Waals surface area contributed by atoms with Crippen molar-refractivity contribution in [1.82, 2.24) is 19.9 Å². The summed E-state index contributed by atoms with van der Waals surface area (Å²) in [5, 5.41) is 17.3. The van der Waals surface area contributed by atoms with Gasteiger partial charge in [-0.05, 0) is 49.8 Å². The minimum absolute atomic E-state index is 0.113. The van der Waals surface area contributed by atoms with E-state index >= 15 is 0 Å². The Balaban J connectivity index is 1.89. The molecule has 7 nitrogen and oxygen atoms in total. The molecule has 1 amide bonds. The van der Waals surface area contributed by atoms with Gasteiger partial charge in [0, 0.05) is 12.6 Å². The van der Waals surface area contributed by atoms with Crippen LogP contribution in [0.1, 0.15) is 27.0 Å². The first-order valence-corrected chi connectivity index (χ1v) is 8.63. The first-order valence-electron chi connectivity index (χ1n) is 8.63. The molecule has 0 spiro atoms. The van der Waals surface area contributed by atoms with Crippen LogP contribution >= 0.6 is 0 Å². The largest absolute Gasteiger partial charge is 0.477 e. The first-order chi connectivity index (χ1) is 13.3. The van der Waals surface area contributed by atoms with E-state index in [4.69, 9.17) is 0 Å². The maximum atomic E-state index is 12.8. The third kappa shape index (κ3) is 4.15. The number of carbonyl (C=O) groups excluding carboxylic acids is 1. The Kier molecular flexibility index (Phi) is 5.35. The van der Waals surface area contributed by atoms with Gasteiger partial charge in [-0.1, -0.05) is 34.5 Å². The summed E-state index contributed by atoms with van der Waals surface area (Å²) in [4.78, 5) is 25.7. The van der Waals surface area contributed by atoms with Gasteiger partial charge < -0.3 is 10.0 Å². The number of aromatic nitrogens is 3. The Morgan fingerprint density at radius 3 is 2.25 bits per heavy atom. The summed E-state index contributed by atoms with van der Waals surface area (Å²) in [6.07, 6.45) is 4.75. The fourth-order valence-electron chi connectivity index (χ4n) is 2.93. The molecule has 1 aromatic heterocycles. The van der Waals surface area contributed by atoms with Crippen LogP contribution in [-0.4, -0.2) is 43.9 Å². The van der Waals surface area contributed by atoms with Crippen molar-refractivity contribution in [3.05, 3.63) is 82.8 Å². The van der Waals surface area contributed by atoms with Crippen LogP contribution in [0.4, 0.5) is 0 Å². The molecule has 0 aliphatic heterocycles. The van der Waals surface area contributed by atoms with Crippen molar-refractivity contribution in [2.45, 2.75) is 13.8 Å². The van der Waals surface area contributed by atoms with E-state index in [1.54, 1.807) is 53.5 Å². The Morgan fingerprint density at radius 1 is 1.07 bits per heavy atom. The Labute approximate surface area is 162 Å². The number of benzene rings is 2. The molecule has 0 aliphatic rings. The predicted molar refractivity (Wildman–Crippen MR) is 105 cm³/mol. The molecule has 0 atom stereocenters. The number of likely N-dealkylation sites (N-methyl/N-ethyl adjacent to an activating group) is 1. The highest BCUT2D eigenvalue weighted by atomic mass is 16.4. The molecular weight excluding hydrogens is 356 g/mol. The van der Waals surface area contributed by atoms with Crippen LogP contribution in [0.15, 0.2) is 60.6 Å². The Morgan fingerprint density at radius 2 is 1.71 bits per heavy atom. The molecule has 7 heteroatoms. The van der Waals surface area contributed by atoms with Crippen molar-refractivity contribution < 1.29 is 14.7 Å². The number of carbonyl (C=O) groups is 2. The second-order valence-corrected chi connectivity index (χ2v) is 6.51. The van der Waals surface area contributed by atoms with Gasteiger partial charge in [0.15, 0.2) is 0 Å². The third-order valence-corrected chi connectivity index (χ3v) is 4.24. The number of amides is 1. The second-order valence-electron chi connectivity index (χ2n) is 6.51. The summed E-state index contributed by atoms with van der Waals surface area (Å²) in [6, 6.07) is 12.6. The van der Waals surface area contributed by atoms with Crippen LogP contribution < -0.4 is 0 Å². The number of nitrogens with zero attached hydrogens (tertiary/aromatic N) is 4. The molecule has 0 fully saturated rings. The lowest BCUT2D eigenvalue weighted by atomic mass is 10.1. The van der Waals surface area contributed by atoms with Crippen LogP contribution in [0.5, 0.6) is 0 Å². The maximum absolute atomic E-state index is 12.8. The summed E-state index contributed by atoms with van der Waals surface area (Å²) < 4.78 is 1.60. The molecular formula is C21H20N4O3. The van der Waals surface area contributed by atoms with E-state index in [1.165, 1.54) is 13.1 Å². The van der Waals surface area contributed by atoms with E-state index in [1.807, 2.05) is 19.9 Å². The van der Waals surface area contributed by atoms with Gasteiger partial charge in [-0.3, -0.25) is 4.79 Å². The SMILES string of the molecule is Cc1cc(C)cc(C(=O)N(C)C(=Cc2ccc(-n3ccnn3)cc2)C(=O)O)c1. The van der Waals surface area contributed by atoms with Crippen LogP contribution in [0.25, 0.3) is 11.8 Å². The number of hydrogen-bond acceptors (Lipinski definition) is 4. The van der Waals surface area contributed by atoms with Crippen molar-refractivity contribution >= 4 is 18.0 Å². The monoisotopic (exact) mass is 376 g/mol. The summed E-state index contributed by atoms with van der Waals surface area (Å²) in [6.45, 7) is 3.79. The molecule has 142 valence electrons. The quantitative estimate of drug-likeness (QED) is 0.692. The van der Waals surface area contributed by atoms with Crippen molar-refractivity contribution in [2.24, 2.45) is 0 Å². The van der Waals surface area contributed by atoms with Crippen LogP contribution in [0, 0.1) is 13.8 Å². The lowest BCUT2D eigenvalue weighted by Gasteiger charge is -2.18. The van der Waals surface area contributed by atoms with E-state index in [0.717, 1.165) is 21.7 Å². The fraction of sp³-hybridized carbons (Fsp3) is 0.143. The molecule has 0 saturated heterocycles. The van der Waals surface area contributed by atoms with Crippen LogP contribution in [-0.2, 0) is 4.79 Å². The molecule has 2 aromatic carbocycles. The molecule has 3 aromatic rings. The molecule has 28 heavy (non-hydrogen) atoms. The van der Waals surface area contributed by atoms with Crippen molar-refractivity contribution in [3.8, 4) is 5.69 Å². The molecule has 0 unspecified atom stereocenters. The summed E-state index contributed by atoms with van der Waals surface area (Å²) in [7, 11) is 1.46. The second kappa shape index (κ2) is 7.87. The highest BCUT2D eigenvalue weighted by molar-refractivity contribution is 6.02. The first kappa shape index (κ1) is 19.0. The number of aliphatic carboxylic acids is 1. The normalized spacial score (nSPS) is 11.3. The van der Waals surface area contributed by atoms with Crippen molar-refractivity contribution in [3.63, 3.8) is 0 Å². The number of aryl methyl sites for hydroxylation is 2. The Hall–Kier alpha value is -3.74. The van der Waals surface area contributed by atoms with Gasteiger partial charge in [-0.2, -0.15) is 0 Å². The molecule has 1 N–H and O–H groups in total. The van der Waals surface area contributed by atoms with Crippen LogP contribution in [0.2, 0.25) is 0 Å². The summed E-state index contributed by atoms with van der Waals surface area (Å²) in [5.74, 6) is -1.56. The Bertz CT molecular complexity index is 1020. The van der Waals surface area contributed by atoms with Gasteiger partial charge >= 0.3 is 5.97 Å². The summed E-state index contributed by atoms with van der Waals surface area (Å²) in [5.41, 5.74) is 3.68. The minimum Gasteiger partial charge on any atom is -0.477 e. The van der Waals surface area contributed by atoms with Crippen molar-refractivity contribution in [1.29, 1.82) is 0 Å². The average Bonchev–Trinajstić information content (AvgIpc) is 3.19. The van der Waals surface area contributed by atoms with Gasteiger partial charge in [-0.15, -0.1) is 5.10 Å². The third-order valence-electron chi connectivity index (χ3n) is 4.24. The standard InChI is InChI=1S/C21H20N4O3/c1-14-10-15(2)12-17(11-14)20(26)24(3)19(21(27)28)13-16-4-6-18(7-5-16)25-9-8-22-23-25/h4-13H,1-3H3,(H,27,28). The van der Waals surface area contributed by atoms with Gasteiger partial charge in [0.25, 0.3) is 5.91 Å². The molecule has 0 bridgehead atoms. The van der Waals surface area contributed by atoms with Gasteiger partial charge in [-0.25, -0.2) is 9.48 Å². The minimum atomic E-state index is -1.18. The van der Waals surface area contributed by atoms with E-state index in [9.17, 15) is 14.7 Å².